The molecule has 27 heavy (non-hydrogen) atoms. The van der Waals surface area contributed by atoms with Gasteiger partial charge >= 0.3 is 0 Å². The Kier molecular flexibility index (Phi) is 7.28. The van der Waals surface area contributed by atoms with E-state index in [1.807, 2.05) is 13.0 Å². The van der Waals surface area contributed by atoms with Gasteiger partial charge in [0.25, 0.3) is 5.91 Å². The Morgan fingerprint density at radius 2 is 2.26 bits per heavy atom. The number of aromatic hydroxyl groups is 1. The van der Waals surface area contributed by atoms with Gasteiger partial charge in [-0.15, -0.1) is 0 Å². The Morgan fingerprint density at radius 1 is 1.48 bits per heavy atom. The Balaban J connectivity index is 2.39. The summed E-state index contributed by atoms with van der Waals surface area (Å²) in [5.41, 5.74) is 0.406. The van der Waals surface area contributed by atoms with Crippen LogP contribution < -0.4 is 9.54 Å². The molecule has 0 saturated heterocycles. The second-order valence-corrected chi connectivity index (χ2v) is 6.41. The minimum Gasteiger partial charge on any atom is -0.504 e. The minimum atomic E-state index is -0.665. The molecule has 8 nitrogen and oxygen atoms in total. The predicted molar refractivity (Wildman–Crippen MR) is 100 cm³/mol. The standard InChI is InChI=1S/C18H20N4O4S/c1-4-16-21-22(7-8-25-2)18(27-16)20-17(24)13(11-19)9-12-5-6-14(23)15(10-12)26-3/h5-6,9-10,23H,4,7-8H2,1-3H3/b13-9+,20-18+. The third-order valence-corrected chi connectivity index (χ3v) is 4.63. The van der Waals surface area contributed by atoms with Gasteiger partial charge in [-0.25, -0.2) is 4.68 Å². The van der Waals surface area contributed by atoms with Gasteiger partial charge in [-0.2, -0.15) is 15.4 Å². The molecule has 0 unspecified atom stereocenters. The molecule has 1 amide bonds. The van der Waals surface area contributed by atoms with Crippen molar-refractivity contribution in [1.29, 1.82) is 5.26 Å². The number of carbonyl (C=O) groups is 1. The van der Waals surface area contributed by atoms with Crippen LogP contribution in [0, 0.1) is 11.3 Å². The number of hydrogen-bond acceptors (Lipinski definition) is 7. The lowest BCUT2D eigenvalue weighted by Crippen LogP contribution is -2.21. The lowest BCUT2D eigenvalue weighted by atomic mass is 10.1. The third-order valence-electron chi connectivity index (χ3n) is 3.53. The first kappa shape index (κ1) is 20.4. The van der Waals surface area contributed by atoms with Crippen LogP contribution in [0.25, 0.3) is 6.08 Å². The van der Waals surface area contributed by atoms with Crippen molar-refractivity contribution >= 4 is 23.3 Å². The lowest BCUT2D eigenvalue weighted by Gasteiger charge is -2.04. The summed E-state index contributed by atoms with van der Waals surface area (Å²) in [6.45, 7) is 2.85. The van der Waals surface area contributed by atoms with Crippen LogP contribution in [0.1, 0.15) is 17.5 Å². The SMILES string of the molecule is CCc1nn(CCOC)/c(=N\C(=O)/C(C#N)=C/c2ccc(O)c(OC)c2)s1. The van der Waals surface area contributed by atoms with Crippen LogP contribution in [-0.2, 0) is 22.5 Å². The van der Waals surface area contributed by atoms with Crippen LogP contribution in [0.15, 0.2) is 28.8 Å². The van der Waals surface area contributed by atoms with Crippen LogP contribution in [0.3, 0.4) is 0 Å². The zero-order valence-corrected chi connectivity index (χ0v) is 16.1. The summed E-state index contributed by atoms with van der Waals surface area (Å²) in [7, 11) is 3.00. The van der Waals surface area contributed by atoms with Crippen LogP contribution in [0.4, 0.5) is 0 Å². The number of amides is 1. The number of aromatic nitrogens is 2. The van der Waals surface area contributed by atoms with Gasteiger partial charge in [0.2, 0.25) is 4.80 Å². The number of rotatable bonds is 7. The van der Waals surface area contributed by atoms with Gasteiger partial charge in [-0.3, -0.25) is 4.79 Å². The summed E-state index contributed by atoms with van der Waals surface area (Å²) < 4.78 is 11.7. The van der Waals surface area contributed by atoms with Crippen molar-refractivity contribution in [1.82, 2.24) is 9.78 Å². The van der Waals surface area contributed by atoms with E-state index in [1.54, 1.807) is 17.9 Å². The maximum atomic E-state index is 12.5. The number of ether oxygens (including phenoxy) is 2. The maximum absolute atomic E-state index is 12.5. The molecular formula is C18H20N4O4S. The summed E-state index contributed by atoms with van der Waals surface area (Å²) in [6, 6.07) is 6.40. The summed E-state index contributed by atoms with van der Waals surface area (Å²) in [5, 5.41) is 24.2. The number of phenols is 1. The van der Waals surface area contributed by atoms with Gasteiger partial charge in [0.1, 0.15) is 16.6 Å². The van der Waals surface area contributed by atoms with Crippen molar-refractivity contribution in [2.24, 2.45) is 4.99 Å². The number of methoxy groups -OCH3 is 2. The second kappa shape index (κ2) is 9.66. The van der Waals surface area contributed by atoms with Crippen molar-refractivity contribution in [3.63, 3.8) is 0 Å². The first-order valence-electron chi connectivity index (χ1n) is 8.16. The number of nitrogens with zero attached hydrogens (tertiary/aromatic N) is 4. The van der Waals surface area contributed by atoms with Gasteiger partial charge in [-0.1, -0.05) is 24.3 Å². The summed E-state index contributed by atoms with van der Waals surface area (Å²) >= 11 is 1.30. The quantitative estimate of drug-likeness (QED) is 0.573. The van der Waals surface area contributed by atoms with E-state index in [-0.39, 0.29) is 17.1 Å². The highest BCUT2D eigenvalue weighted by Gasteiger charge is 2.11. The molecule has 0 saturated carbocycles. The van der Waals surface area contributed by atoms with E-state index in [4.69, 9.17) is 9.47 Å². The molecule has 0 aliphatic rings. The third kappa shape index (κ3) is 5.26. The minimum absolute atomic E-state index is 0.0277. The summed E-state index contributed by atoms with van der Waals surface area (Å²) in [6.07, 6.45) is 2.12. The topological polar surface area (TPSA) is 110 Å². The molecule has 1 N–H and O–H groups in total. The zero-order valence-electron chi connectivity index (χ0n) is 15.3. The lowest BCUT2D eigenvalue weighted by molar-refractivity contribution is -0.114. The normalized spacial score (nSPS) is 12.1. The van der Waals surface area contributed by atoms with Crippen molar-refractivity contribution in [2.75, 3.05) is 20.8 Å². The average molecular weight is 388 g/mol. The van der Waals surface area contributed by atoms with Gasteiger partial charge in [0, 0.05) is 7.11 Å². The van der Waals surface area contributed by atoms with Crippen LogP contribution >= 0.6 is 11.3 Å². The first-order chi connectivity index (χ1) is 13.0. The number of hydrogen-bond donors (Lipinski definition) is 1. The van der Waals surface area contributed by atoms with E-state index < -0.39 is 5.91 Å². The molecule has 2 rings (SSSR count). The highest BCUT2D eigenvalue weighted by Crippen LogP contribution is 2.27. The van der Waals surface area contributed by atoms with E-state index in [2.05, 4.69) is 10.1 Å². The fraction of sp³-hybridized carbons (Fsp3) is 0.333. The maximum Gasteiger partial charge on any atom is 0.290 e. The predicted octanol–water partition coefficient (Wildman–Crippen LogP) is 1.90. The number of carbonyl (C=O) groups excluding carboxylic acids is 1. The Morgan fingerprint density at radius 3 is 2.89 bits per heavy atom. The van der Waals surface area contributed by atoms with Crippen LogP contribution in [0.5, 0.6) is 11.5 Å². The molecule has 0 atom stereocenters. The number of nitriles is 1. The first-order valence-corrected chi connectivity index (χ1v) is 8.97. The Labute approximate surface area is 160 Å². The zero-order chi connectivity index (χ0) is 19.8. The monoisotopic (exact) mass is 388 g/mol. The van der Waals surface area contributed by atoms with Gasteiger partial charge in [0.15, 0.2) is 11.5 Å². The van der Waals surface area contributed by atoms with Gasteiger partial charge < -0.3 is 14.6 Å². The highest BCUT2D eigenvalue weighted by atomic mass is 32.1. The van der Waals surface area contributed by atoms with E-state index >= 15 is 0 Å². The molecule has 0 bridgehead atoms. The molecule has 1 aromatic heterocycles. The fourth-order valence-corrected chi connectivity index (χ4v) is 3.00. The van der Waals surface area contributed by atoms with E-state index in [1.165, 1.54) is 36.7 Å². The molecule has 0 radical (unpaired) electrons. The number of phenolic OH excluding ortho intramolecular Hbond substituents is 1. The average Bonchev–Trinajstić information content (AvgIpc) is 3.07. The molecule has 0 fully saturated rings. The Hall–Kier alpha value is -2.96. The van der Waals surface area contributed by atoms with Crippen molar-refractivity contribution in [3.05, 3.63) is 39.1 Å². The van der Waals surface area contributed by atoms with Crippen LogP contribution in [0.2, 0.25) is 0 Å². The van der Waals surface area contributed by atoms with Crippen molar-refractivity contribution < 1.29 is 19.4 Å². The van der Waals surface area contributed by atoms with Crippen molar-refractivity contribution in [2.45, 2.75) is 19.9 Å². The molecule has 9 heteroatoms. The van der Waals surface area contributed by atoms with Crippen LogP contribution in [-0.4, -0.2) is 41.6 Å². The molecule has 2 aromatic rings. The molecule has 0 aliphatic carbocycles. The molecule has 0 spiro atoms. The second-order valence-electron chi connectivity index (χ2n) is 5.37. The summed E-state index contributed by atoms with van der Waals surface area (Å²) in [5.74, 6) is -0.444. The fourth-order valence-electron chi connectivity index (χ4n) is 2.14. The smallest absolute Gasteiger partial charge is 0.290 e. The van der Waals surface area contributed by atoms with E-state index in [0.717, 1.165) is 11.4 Å². The Bertz CT molecular complexity index is 953. The van der Waals surface area contributed by atoms with Gasteiger partial charge in [0.05, 0.1) is 20.3 Å². The highest BCUT2D eigenvalue weighted by molar-refractivity contribution is 7.08. The molecule has 1 aromatic carbocycles. The molecule has 1 heterocycles. The molecular weight excluding hydrogens is 368 g/mol. The summed E-state index contributed by atoms with van der Waals surface area (Å²) in [4.78, 5) is 17.0. The molecule has 142 valence electrons. The van der Waals surface area contributed by atoms with E-state index in [9.17, 15) is 15.2 Å². The largest absolute Gasteiger partial charge is 0.504 e. The van der Waals surface area contributed by atoms with Gasteiger partial charge in [-0.05, 0) is 30.2 Å². The molecule has 0 aliphatic heterocycles. The number of benzene rings is 1. The van der Waals surface area contributed by atoms with E-state index in [0.29, 0.717) is 23.5 Å². The number of aryl methyl sites for hydroxylation is 1. The van der Waals surface area contributed by atoms with Crippen molar-refractivity contribution in [3.8, 4) is 17.6 Å².